The molecule has 0 unspecified atom stereocenters. The Balaban J connectivity index is 1.21. The predicted octanol–water partition coefficient (Wildman–Crippen LogP) is 2.74. The number of aromatic nitrogens is 3. The molecule has 0 saturated carbocycles. The monoisotopic (exact) mass is 498 g/mol. The molecule has 6 rings (SSSR count). The second kappa shape index (κ2) is 10.2. The molecule has 36 heavy (non-hydrogen) atoms. The highest BCUT2D eigenvalue weighted by Gasteiger charge is 2.42. The molecule has 6 heterocycles. The lowest BCUT2D eigenvalue weighted by molar-refractivity contribution is -0.0742. The van der Waals surface area contributed by atoms with E-state index >= 15 is 0 Å². The summed E-state index contributed by atoms with van der Waals surface area (Å²) in [5.41, 5.74) is -0.397. The molecular formula is C24H31FN8O3. The highest BCUT2D eigenvalue weighted by molar-refractivity contribution is 5.88. The number of carbonyl (C=O) groups is 2. The third-order valence-electron chi connectivity index (χ3n) is 7.33. The van der Waals surface area contributed by atoms with Crippen LogP contribution in [0, 0.1) is 0 Å². The first-order valence-electron chi connectivity index (χ1n) is 12.3. The van der Waals surface area contributed by atoms with Crippen LogP contribution in [-0.4, -0.2) is 94.5 Å². The topological polar surface area (TPSA) is 116 Å². The van der Waals surface area contributed by atoms with E-state index < -0.39 is 29.9 Å². The van der Waals surface area contributed by atoms with Gasteiger partial charge in [0, 0.05) is 71.4 Å². The van der Waals surface area contributed by atoms with Gasteiger partial charge in [0.1, 0.15) is 23.4 Å². The number of fused-ring (bicyclic) bond motifs is 3. The van der Waals surface area contributed by atoms with Crippen molar-refractivity contribution in [1.29, 1.82) is 0 Å². The van der Waals surface area contributed by atoms with E-state index in [9.17, 15) is 14.0 Å². The minimum Gasteiger partial charge on any atom is -0.443 e. The highest BCUT2D eigenvalue weighted by atomic mass is 19.1. The summed E-state index contributed by atoms with van der Waals surface area (Å²) < 4.78 is 20.7. The van der Waals surface area contributed by atoms with Crippen LogP contribution in [0.5, 0.6) is 0 Å². The summed E-state index contributed by atoms with van der Waals surface area (Å²) in [6.45, 7) is 3.45. The lowest BCUT2D eigenvalue weighted by Gasteiger charge is -2.47. The van der Waals surface area contributed by atoms with Gasteiger partial charge in [0.05, 0.1) is 6.04 Å². The highest BCUT2D eigenvalue weighted by Crippen LogP contribution is 2.35. The maximum atomic E-state index is 14.9. The number of urea groups is 1. The molecule has 4 aliphatic heterocycles. The molecular weight excluding hydrogens is 467 g/mol. The number of ether oxygens (including phenoxy) is 1. The molecule has 3 amide bonds. The van der Waals surface area contributed by atoms with Gasteiger partial charge < -0.3 is 19.4 Å². The Morgan fingerprint density at radius 3 is 2.56 bits per heavy atom. The molecule has 2 aromatic heterocycles. The largest absolute Gasteiger partial charge is 0.443 e. The number of nitrogens with zero attached hydrogens (tertiary/aromatic N) is 6. The quantitative estimate of drug-likeness (QED) is 0.647. The molecule has 12 heteroatoms. The van der Waals surface area contributed by atoms with Crippen LogP contribution in [-0.2, 0) is 4.74 Å². The Bertz CT molecular complexity index is 1070. The van der Waals surface area contributed by atoms with E-state index in [1.165, 1.54) is 4.90 Å². The summed E-state index contributed by atoms with van der Waals surface area (Å²) in [5.74, 6) is 1.06. The zero-order chi connectivity index (χ0) is 25.1. The average molecular weight is 499 g/mol. The SMILES string of the molecule is CN(C(=O)Nc1ccccn1)[C@H]1CN(c2nccc(NC(=O)OC34CCN(CC3)CC4)n2)CC[C@H]1F. The van der Waals surface area contributed by atoms with E-state index in [1.807, 2.05) is 4.90 Å². The van der Waals surface area contributed by atoms with Crippen LogP contribution in [0.1, 0.15) is 25.7 Å². The van der Waals surface area contributed by atoms with Crippen molar-refractivity contribution >= 4 is 29.7 Å². The molecule has 2 N–H and O–H groups in total. The summed E-state index contributed by atoms with van der Waals surface area (Å²) in [4.78, 5) is 43.7. The van der Waals surface area contributed by atoms with Crippen molar-refractivity contribution < 1.29 is 18.7 Å². The first kappa shape index (κ1) is 24.2. The zero-order valence-electron chi connectivity index (χ0n) is 20.3. The molecule has 4 fully saturated rings. The number of pyridine rings is 1. The number of halogens is 1. The van der Waals surface area contributed by atoms with Crippen LogP contribution < -0.4 is 15.5 Å². The van der Waals surface area contributed by atoms with Gasteiger partial charge in [-0.15, -0.1) is 0 Å². The second-order valence-electron chi connectivity index (χ2n) is 9.61. The fourth-order valence-corrected chi connectivity index (χ4v) is 5.08. The minimum absolute atomic E-state index is 0.209. The van der Waals surface area contributed by atoms with Gasteiger partial charge in [0.2, 0.25) is 5.95 Å². The smallest absolute Gasteiger partial charge is 0.413 e. The Morgan fingerprint density at radius 1 is 1.06 bits per heavy atom. The van der Waals surface area contributed by atoms with Crippen LogP contribution in [0.4, 0.5) is 31.6 Å². The number of likely N-dealkylation sites (N-methyl/N-ethyl adjacent to an activating group) is 1. The molecule has 2 aromatic rings. The molecule has 0 aromatic carbocycles. The van der Waals surface area contributed by atoms with Crippen molar-refractivity contribution in [3.63, 3.8) is 0 Å². The fraction of sp³-hybridized carbons (Fsp3) is 0.542. The van der Waals surface area contributed by atoms with Gasteiger partial charge in [0.15, 0.2) is 0 Å². The molecule has 2 atom stereocenters. The number of hydrogen-bond donors (Lipinski definition) is 2. The average Bonchev–Trinajstić information content (AvgIpc) is 2.90. The minimum atomic E-state index is -1.20. The summed E-state index contributed by atoms with van der Waals surface area (Å²) >= 11 is 0. The molecule has 0 radical (unpaired) electrons. The molecule has 192 valence electrons. The van der Waals surface area contributed by atoms with Crippen molar-refractivity contribution in [1.82, 2.24) is 24.8 Å². The van der Waals surface area contributed by atoms with Crippen molar-refractivity contribution in [2.24, 2.45) is 0 Å². The van der Waals surface area contributed by atoms with Crippen molar-refractivity contribution in [2.75, 3.05) is 55.3 Å². The standard InChI is InChI=1S/C24H31FN8O3/c1-31(22(34)29-19-4-2-3-10-26-19)18-16-33(12-6-17(18)25)21-27-11-5-20(28-21)30-23(35)36-24-7-13-32(14-8-24)15-9-24/h2-5,10-11,17-18H,6-9,12-16H2,1H3,(H,26,29,34)(H,27,28,30,35)/t17-,18+/m1/s1. The van der Waals surface area contributed by atoms with Crippen LogP contribution in [0.25, 0.3) is 0 Å². The zero-order valence-corrected chi connectivity index (χ0v) is 20.3. The van der Waals surface area contributed by atoms with Gasteiger partial charge in [-0.1, -0.05) is 6.07 Å². The summed E-state index contributed by atoms with van der Waals surface area (Å²) in [6, 6.07) is 5.61. The third-order valence-corrected chi connectivity index (χ3v) is 7.33. The van der Waals surface area contributed by atoms with Gasteiger partial charge in [-0.3, -0.25) is 10.6 Å². The molecule has 11 nitrogen and oxygen atoms in total. The van der Waals surface area contributed by atoms with Crippen LogP contribution in [0.15, 0.2) is 36.7 Å². The maximum Gasteiger partial charge on any atom is 0.413 e. The molecule has 4 saturated heterocycles. The number of amides is 3. The first-order chi connectivity index (χ1) is 17.4. The van der Waals surface area contributed by atoms with E-state index in [4.69, 9.17) is 4.74 Å². The van der Waals surface area contributed by atoms with Gasteiger partial charge in [-0.05, 0) is 24.6 Å². The van der Waals surface area contributed by atoms with Gasteiger partial charge in [-0.2, -0.15) is 4.98 Å². The Morgan fingerprint density at radius 2 is 1.83 bits per heavy atom. The van der Waals surface area contributed by atoms with E-state index in [-0.39, 0.29) is 13.0 Å². The number of hydrogen-bond acceptors (Lipinski definition) is 8. The summed E-state index contributed by atoms with van der Waals surface area (Å²) in [7, 11) is 1.56. The summed E-state index contributed by atoms with van der Waals surface area (Å²) in [6.07, 6.45) is 4.14. The lowest BCUT2D eigenvalue weighted by atomic mass is 9.83. The van der Waals surface area contributed by atoms with E-state index in [2.05, 4.69) is 30.5 Å². The Hall–Kier alpha value is -3.54. The number of rotatable bonds is 5. The summed E-state index contributed by atoms with van der Waals surface area (Å²) in [5, 5.41) is 5.41. The van der Waals surface area contributed by atoms with Crippen LogP contribution in [0.3, 0.4) is 0 Å². The third kappa shape index (κ3) is 5.32. The molecule has 4 aliphatic rings. The lowest BCUT2D eigenvalue weighted by Crippen LogP contribution is -2.55. The number of carbonyl (C=O) groups excluding carboxylic acids is 2. The van der Waals surface area contributed by atoms with E-state index in [0.29, 0.717) is 24.1 Å². The van der Waals surface area contributed by atoms with Crippen molar-refractivity contribution in [3.8, 4) is 0 Å². The van der Waals surface area contributed by atoms with Gasteiger partial charge in [-0.25, -0.2) is 23.9 Å². The van der Waals surface area contributed by atoms with Gasteiger partial charge >= 0.3 is 12.1 Å². The van der Waals surface area contributed by atoms with Crippen molar-refractivity contribution in [2.45, 2.75) is 43.5 Å². The second-order valence-corrected chi connectivity index (χ2v) is 9.61. The normalized spacial score (nSPS) is 27.3. The van der Waals surface area contributed by atoms with Gasteiger partial charge in [0.25, 0.3) is 0 Å². The maximum absolute atomic E-state index is 14.9. The first-order valence-corrected chi connectivity index (χ1v) is 12.3. The fourth-order valence-electron chi connectivity index (χ4n) is 5.08. The van der Waals surface area contributed by atoms with E-state index in [1.54, 1.807) is 43.7 Å². The predicted molar refractivity (Wildman–Crippen MR) is 132 cm³/mol. The number of alkyl halides is 1. The van der Waals surface area contributed by atoms with Crippen molar-refractivity contribution in [3.05, 3.63) is 36.7 Å². The number of nitrogens with one attached hydrogen (secondary N) is 2. The van der Waals surface area contributed by atoms with Crippen LogP contribution >= 0.6 is 0 Å². The number of piperidine rings is 4. The Labute approximate surface area is 209 Å². The Kier molecular flexibility index (Phi) is 6.86. The molecule has 0 spiro atoms. The van der Waals surface area contributed by atoms with E-state index in [0.717, 1.165) is 38.9 Å². The number of anilines is 3. The van der Waals surface area contributed by atoms with Crippen LogP contribution in [0.2, 0.25) is 0 Å². The molecule has 2 bridgehead atoms. The molecule has 0 aliphatic carbocycles.